The summed E-state index contributed by atoms with van der Waals surface area (Å²) < 4.78 is 29.7. The van der Waals surface area contributed by atoms with E-state index in [9.17, 15) is 13.6 Å². The molecule has 0 atom stereocenters. The van der Waals surface area contributed by atoms with Gasteiger partial charge in [0.1, 0.15) is 29.4 Å². The number of benzene rings is 2. The van der Waals surface area contributed by atoms with Crippen LogP contribution in [0.5, 0.6) is 0 Å². The number of hydrogen-bond donors (Lipinski definition) is 2. The number of carbonyl (C=O) groups is 1. The molecular weight excluding hydrogens is 424 g/mol. The molecule has 4 aromatic rings. The van der Waals surface area contributed by atoms with E-state index >= 15 is 0 Å². The number of ketones is 1. The van der Waals surface area contributed by atoms with Gasteiger partial charge in [0.05, 0.1) is 10.9 Å². The van der Waals surface area contributed by atoms with Crippen LogP contribution < -0.4 is 11.1 Å². The van der Waals surface area contributed by atoms with E-state index in [4.69, 9.17) is 5.73 Å². The van der Waals surface area contributed by atoms with Gasteiger partial charge in [0, 0.05) is 35.6 Å². The number of nitrogens with one attached hydrogen (secondary N) is 1. The number of fused-ring (bicyclic) bond motifs is 1. The molecule has 6 nitrogen and oxygen atoms in total. The summed E-state index contributed by atoms with van der Waals surface area (Å²) in [6.07, 6.45) is 7.57. The Labute approximate surface area is 189 Å². The van der Waals surface area contributed by atoms with Crippen LogP contribution in [-0.2, 0) is 6.54 Å². The quantitative estimate of drug-likeness (QED) is 0.394. The third-order valence-electron chi connectivity index (χ3n) is 6.25. The van der Waals surface area contributed by atoms with Crippen molar-refractivity contribution in [1.29, 1.82) is 0 Å². The average Bonchev–Trinajstić information content (AvgIpc) is 3.48. The second-order valence-electron chi connectivity index (χ2n) is 8.31. The molecule has 0 spiro atoms. The predicted octanol–water partition coefficient (Wildman–Crippen LogP) is 5.25. The van der Waals surface area contributed by atoms with Crippen molar-refractivity contribution in [2.75, 3.05) is 11.1 Å². The highest BCUT2D eigenvalue weighted by molar-refractivity contribution is 6.20. The predicted molar refractivity (Wildman–Crippen MR) is 123 cm³/mol. The van der Waals surface area contributed by atoms with Gasteiger partial charge < -0.3 is 15.6 Å². The summed E-state index contributed by atoms with van der Waals surface area (Å²) in [6, 6.07) is 10.5. The first-order valence-electron chi connectivity index (χ1n) is 11.0. The summed E-state index contributed by atoms with van der Waals surface area (Å²) in [5.41, 5.74) is 8.36. The Morgan fingerprint density at radius 3 is 2.70 bits per heavy atom. The summed E-state index contributed by atoms with van der Waals surface area (Å²) in [6.45, 7) is 0.0307. The number of para-hydroxylation sites is 1. The molecule has 2 heterocycles. The molecule has 1 aliphatic rings. The minimum absolute atomic E-state index is 0.0307. The molecule has 2 aromatic carbocycles. The van der Waals surface area contributed by atoms with E-state index < -0.39 is 11.6 Å². The summed E-state index contributed by atoms with van der Waals surface area (Å²) >= 11 is 0. The Balaban J connectivity index is 1.52. The summed E-state index contributed by atoms with van der Waals surface area (Å²) in [5, 5.41) is 3.62. The van der Waals surface area contributed by atoms with Gasteiger partial charge >= 0.3 is 0 Å². The number of carbonyl (C=O) groups excluding carboxylic acids is 1. The van der Waals surface area contributed by atoms with Crippen LogP contribution in [0.2, 0.25) is 0 Å². The molecule has 0 radical (unpaired) electrons. The fraction of sp³-hybridized carbons (Fsp3) is 0.240. The second-order valence-corrected chi connectivity index (χ2v) is 8.31. The molecule has 8 heteroatoms. The Kier molecular flexibility index (Phi) is 5.50. The highest BCUT2D eigenvalue weighted by Crippen LogP contribution is 2.36. The molecule has 0 bridgehead atoms. The zero-order chi connectivity index (χ0) is 22.9. The molecule has 0 amide bonds. The maximum absolute atomic E-state index is 14.1. The summed E-state index contributed by atoms with van der Waals surface area (Å²) in [7, 11) is 0. The molecule has 0 saturated heterocycles. The van der Waals surface area contributed by atoms with Crippen LogP contribution >= 0.6 is 0 Å². The maximum Gasteiger partial charge on any atom is 0.197 e. The SMILES string of the molecule is Nc1ncnc2c1c(C(=O)c1ccccc1NCc1cc(F)ccc1F)cn2C1CCCC1. The first-order valence-corrected chi connectivity index (χ1v) is 11.0. The third-order valence-corrected chi connectivity index (χ3v) is 6.25. The number of aromatic nitrogens is 3. The zero-order valence-electron chi connectivity index (χ0n) is 17.9. The zero-order valence-corrected chi connectivity index (χ0v) is 17.9. The van der Waals surface area contributed by atoms with E-state index in [2.05, 4.69) is 15.3 Å². The van der Waals surface area contributed by atoms with Crippen LogP contribution in [0.1, 0.15) is 53.2 Å². The van der Waals surface area contributed by atoms with Crippen LogP contribution in [0.25, 0.3) is 11.0 Å². The number of nitrogens with zero attached hydrogens (tertiary/aromatic N) is 3. The number of rotatable bonds is 6. The van der Waals surface area contributed by atoms with E-state index in [1.807, 2.05) is 10.8 Å². The topological polar surface area (TPSA) is 85.8 Å². The van der Waals surface area contributed by atoms with E-state index in [1.165, 1.54) is 6.33 Å². The minimum Gasteiger partial charge on any atom is -0.383 e. The van der Waals surface area contributed by atoms with Crippen molar-refractivity contribution in [2.45, 2.75) is 38.3 Å². The Hall–Kier alpha value is -3.81. The number of nitrogens with two attached hydrogens (primary N) is 1. The van der Waals surface area contributed by atoms with E-state index in [0.717, 1.165) is 43.9 Å². The molecule has 5 rings (SSSR count). The monoisotopic (exact) mass is 447 g/mol. The first-order chi connectivity index (χ1) is 16.0. The number of anilines is 2. The van der Waals surface area contributed by atoms with Crippen molar-refractivity contribution >= 4 is 28.3 Å². The second kappa shape index (κ2) is 8.61. The van der Waals surface area contributed by atoms with Crippen LogP contribution in [0.4, 0.5) is 20.3 Å². The van der Waals surface area contributed by atoms with Gasteiger partial charge in [-0.25, -0.2) is 18.7 Å². The third kappa shape index (κ3) is 3.92. The molecule has 3 N–H and O–H groups in total. The lowest BCUT2D eigenvalue weighted by Crippen LogP contribution is -2.09. The normalized spacial score (nSPS) is 14.1. The average molecular weight is 447 g/mol. The van der Waals surface area contributed by atoms with Crippen LogP contribution in [0.3, 0.4) is 0 Å². The van der Waals surface area contributed by atoms with Crippen molar-refractivity contribution in [3.05, 3.63) is 83.3 Å². The van der Waals surface area contributed by atoms with E-state index in [0.29, 0.717) is 27.8 Å². The van der Waals surface area contributed by atoms with Crippen molar-refractivity contribution in [3.63, 3.8) is 0 Å². The highest BCUT2D eigenvalue weighted by atomic mass is 19.1. The van der Waals surface area contributed by atoms with Gasteiger partial charge in [-0.15, -0.1) is 0 Å². The fourth-order valence-electron chi connectivity index (χ4n) is 4.59. The number of hydrogen-bond acceptors (Lipinski definition) is 5. The largest absolute Gasteiger partial charge is 0.383 e. The maximum atomic E-state index is 14.1. The van der Waals surface area contributed by atoms with Gasteiger partial charge in [0.25, 0.3) is 0 Å². The molecule has 0 aliphatic heterocycles. The lowest BCUT2D eigenvalue weighted by molar-refractivity contribution is 0.104. The van der Waals surface area contributed by atoms with Crippen LogP contribution in [0, 0.1) is 11.6 Å². The van der Waals surface area contributed by atoms with Gasteiger partial charge in [0.15, 0.2) is 5.78 Å². The standard InChI is InChI=1S/C25H23F2N5O/c26-16-9-10-20(27)15(11-16)12-29-21-8-4-3-7-18(21)23(33)19-13-32(17-5-1-2-6-17)25-22(19)24(28)30-14-31-25/h3-4,7-11,13-14,17,29H,1-2,5-6,12H2,(H2,28,30,31). The van der Waals surface area contributed by atoms with Crippen LogP contribution in [-0.4, -0.2) is 20.3 Å². The van der Waals surface area contributed by atoms with Crippen molar-refractivity contribution in [2.24, 2.45) is 0 Å². The Morgan fingerprint density at radius 1 is 1.09 bits per heavy atom. The lowest BCUT2D eigenvalue weighted by Gasteiger charge is -2.12. The lowest BCUT2D eigenvalue weighted by atomic mass is 10.0. The van der Waals surface area contributed by atoms with Crippen LogP contribution in [0.15, 0.2) is 55.0 Å². The molecule has 2 aromatic heterocycles. The Morgan fingerprint density at radius 2 is 1.88 bits per heavy atom. The molecule has 1 saturated carbocycles. The molecule has 1 aliphatic carbocycles. The molecule has 0 unspecified atom stereocenters. The Bertz CT molecular complexity index is 1340. The van der Waals surface area contributed by atoms with Gasteiger partial charge in [0.2, 0.25) is 0 Å². The molecule has 168 valence electrons. The molecular formula is C25H23F2N5O. The van der Waals surface area contributed by atoms with Crippen molar-refractivity contribution < 1.29 is 13.6 Å². The molecule has 1 fully saturated rings. The van der Waals surface area contributed by atoms with Gasteiger partial charge in [-0.3, -0.25) is 4.79 Å². The molecule has 33 heavy (non-hydrogen) atoms. The summed E-state index contributed by atoms with van der Waals surface area (Å²) in [4.78, 5) is 22.2. The minimum atomic E-state index is -0.521. The smallest absolute Gasteiger partial charge is 0.197 e. The van der Waals surface area contributed by atoms with Crippen molar-refractivity contribution in [1.82, 2.24) is 14.5 Å². The van der Waals surface area contributed by atoms with Gasteiger partial charge in [-0.1, -0.05) is 25.0 Å². The highest BCUT2D eigenvalue weighted by Gasteiger charge is 2.26. The van der Waals surface area contributed by atoms with Gasteiger partial charge in [-0.05, 0) is 43.2 Å². The van der Waals surface area contributed by atoms with E-state index in [-0.39, 0.29) is 29.8 Å². The van der Waals surface area contributed by atoms with E-state index in [1.54, 1.807) is 24.3 Å². The first kappa shape index (κ1) is 21.1. The van der Waals surface area contributed by atoms with Gasteiger partial charge in [-0.2, -0.15) is 0 Å². The number of nitrogen functional groups attached to an aromatic ring is 1. The summed E-state index contributed by atoms with van der Waals surface area (Å²) in [5.74, 6) is -1.02. The van der Waals surface area contributed by atoms with Crippen molar-refractivity contribution in [3.8, 4) is 0 Å². The number of halogens is 2. The fourth-order valence-corrected chi connectivity index (χ4v) is 4.59.